The highest BCUT2D eigenvalue weighted by molar-refractivity contribution is 6.33. The molecule has 0 N–H and O–H groups in total. The van der Waals surface area contributed by atoms with Gasteiger partial charge in [-0.2, -0.15) is 0 Å². The normalized spacial score (nSPS) is 23.2. The summed E-state index contributed by atoms with van der Waals surface area (Å²) in [6.07, 6.45) is 0.743. The highest BCUT2D eigenvalue weighted by atomic mass is 35.5. The van der Waals surface area contributed by atoms with Gasteiger partial charge in [0.15, 0.2) is 0 Å². The van der Waals surface area contributed by atoms with E-state index in [0.29, 0.717) is 26.3 Å². The smallest absolute Gasteiger partial charge is 0.228 e. The number of ether oxygens (including phenoxy) is 2. The second-order valence-corrected chi connectivity index (χ2v) is 8.81. The van der Waals surface area contributed by atoms with Crippen LogP contribution in [0.3, 0.4) is 0 Å². The number of piperazine rings is 1. The molecule has 2 saturated heterocycles. The minimum atomic E-state index is -0.0933. The number of carbonyl (C=O) groups excluding carboxylic acids is 1. The second-order valence-electron chi connectivity index (χ2n) is 8.40. The van der Waals surface area contributed by atoms with Crippen molar-refractivity contribution in [2.45, 2.75) is 12.5 Å². The first-order valence-corrected chi connectivity index (χ1v) is 11.3. The molecule has 0 radical (unpaired) electrons. The Morgan fingerprint density at radius 2 is 1.87 bits per heavy atom. The fraction of sp³-hybridized carbons (Fsp3) is 0.458. The van der Waals surface area contributed by atoms with Gasteiger partial charge in [-0.1, -0.05) is 29.8 Å². The highest BCUT2D eigenvalue weighted by Crippen LogP contribution is 2.40. The van der Waals surface area contributed by atoms with Crippen molar-refractivity contribution in [2.75, 3.05) is 62.8 Å². The van der Waals surface area contributed by atoms with Crippen LogP contribution in [0.1, 0.15) is 5.56 Å². The summed E-state index contributed by atoms with van der Waals surface area (Å²) in [5.74, 6) is 0.994. The molecule has 0 unspecified atom stereocenters. The van der Waals surface area contributed by atoms with Gasteiger partial charge in [-0.3, -0.25) is 4.79 Å². The van der Waals surface area contributed by atoms with Gasteiger partial charge in [-0.25, -0.2) is 0 Å². The van der Waals surface area contributed by atoms with Crippen molar-refractivity contribution in [2.24, 2.45) is 5.92 Å². The molecule has 2 atom stereocenters. The lowest BCUT2D eigenvalue weighted by Gasteiger charge is -2.50. The molecule has 0 saturated carbocycles. The number of halogens is 1. The maximum atomic E-state index is 13.6. The number of methoxy groups -OCH3 is 1. The molecule has 3 aliphatic rings. The van der Waals surface area contributed by atoms with Gasteiger partial charge in [0, 0.05) is 44.5 Å². The van der Waals surface area contributed by atoms with E-state index in [2.05, 4.69) is 28.0 Å². The van der Waals surface area contributed by atoms with Crippen molar-refractivity contribution in [1.82, 2.24) is 4.90 Å². The number of carbonyl (C=O) groups is 1. The summed E-state index contributed by atoms with van der Waals surface area (Å²) in [5.41, 5.74) is 3.45. The lowest BCUT2D eigenvalue weighted by molar-refractivity contribution is -0.140. The minimum Gasteiger partial charge on any atom is -0.497 e. The van der Waals surface area contributed by atoms with Crippen molar-refractivity contribution in [1.29, 1.82) is 0 Å². The van der Waals surface area contributed by atoms with Crippen LogP contribution < -0.4 is 14.5 Å². The molecular formula is C24H28ClN3O3. The Labute approximate surface area is 188 Å². The molecule has 2 aromatic carbocycles. The van der Waals surface area contributed by atoms with E-state index in [-0.39, 0.29) is 17.9 Å². The van der Waals surface area contributed by atoms with E-state index in [9.17, 15) is 4.79 Å². The lowest BCUT2D eigenvalue weighted by atomic mass is 9.82. The number of anilines is 2. The number of para-hydroxylation sites is 1. The molecule has 0 bridgehead atoms. The van der Waals surface area contributed by atoms with Crippen LogP contribution in [0.15, 0.2) is 42.5 Å². The van der Waals surface area contributed by atoms with Gasteiger partial charge < -0.3 is 24.2 Å². The molecule has 5 rings (SSSR count). The van der Waals surface area contributed by atoms with Crippen molar-refractivity contribution in [3.05, 3.63) is 53.1 Å². The fourth-order valence-corrected chi connectivity index (χ4v) is 5.39. The number of morpholine rings is 1. The van der Waals surface area contributed by atoms with Crippen molar-refractivity contribution >= 4 is 28.9 Å². The Morgan fingerprint density at radius 3 is 2.65 bits per heavy atom. The summed E-state index contributed by atoms with van der Waals surface area (Å²) < 4.78 is 11.0. The second kappa shape index (κ2) is 8.60. The maximum Gasteiger partial charge on any atom is 0.228 e. The molecule has 6 nitrogen and oxygen atoms in total. The molecule has 164 valence electrons. The minimum absolute atomic E-state index is 0.0833. The first kappa shape index (κ1) is 20.5. The first-order chi connectivity index (χ1) is 15.2. The zero-order chi connectivity index (χ0) is 21.4. The SMILES string of the molecule is COc1ccc2c(c1)N1CCN(c3ccccc3Cl)C[C@H]1[C@H](C(=O)N1CCOCC1)C2. The topological polar surface area (TPSA) is 45.2 Å². The number of hydrogen-bond donors (Lipinski definition) is 0. The molecule has 2 fully saturated rings. The maximum absolute atomic E-state index is 13.6. The Balaban J connectivity index is 1.49. The van der Waals surface area contributed by atoms with Gasteiger partial charge in [-0.05, 0) is 30.2 Å². The molecule has 0 aliphatic carbocycles. The van der Waals surface area contributed by atoms with Crippen LogP contribution in [-0.2, 0) is 16.0 Å². The fourth-order valence-electron chi connectivity index (χ4n) is 5.13. The van der Waals surface area contributed by atoms with Gasteiger partial charge in [-0.15, -0.1) is 0 Å². The number of amides is 1. The Hall–Kier alpha value is -2.44. The number of rotatable bonds is 3. The Kier molecular flexibility index (Phi) is 5.67. The van der Waals surface area contributed by atoms with Crippen molar-refractivity contribution in [3.8, 4) is 5.75 Å². The predicted molar refractivity (Wildman–Crippen MR) is 122 cm³/mol. The molecule has 0 aromatic heterocycles. The van der Waals surface area contributed by atoms with E-state index >= 15 is 0 Å². The van der Waals surface area contributed by atoms with Crippen LogP contribution in [0.2, 0.25) is 5.02 Å². The molecular weight excluding hydrogens is 414 g/mol. The third-order valence-electron chi connectivity index (χ3n) is 6.76. The number of hydrogen-bond acceptors (Lipinski definition) is 5. The monoisotopic (exact) mass is 441 g/mol. The summed E-state index contributed by atoms with van der Waals surface area (Å²) in [6.45, 7) is 5.04. The van der Waals surface area contributed by atoms with Crippen LogP contribution in [0.25, 0.3) is 0 Å². The van der Waals surface area contributed by atoms with Crippen molar-refractivity contribution < 1.29 is 14.3 Å². The summed E-state index contributed by atoms with van der Waals surface area (Å²) in [4.78, 5) is 20.3. The largest absolute Gasteiger partial charge is 0.497 e. The van der Waals surface area contributed by atoms with Gasteiger partial charge >= 0.3 is 0 Å². The van der Waals surface area contributed by atoms with Crippen LogP contribution in [-0.4, -0.2) is 69.9 Å². The van der Waals surface area contributed by atoms with Crippen LogP contribution in [0.5, 0.6) is 5.75 Å². The van der Waals surface area contributed by atoms with E-state index in [1.54, 1.807) is 7.11 Å². The molecule has 1 amide bonds. The van der Waals surface area contributed by atoms with Crippen molar-refractivity contribution in [3.63, 3.8) is 0 Å². The Bertz CT molecular complexity index is 963. The number of fused-ring (bicyclic) bond motifs is 3. The lowest BCUT2D eigenvalue weighted by Crippen LogP contribution is -2.62. The summed E-state index contributed by atoms with van der Waals surface area (Å²) in [6, 6.07) is 14.3. The Morgan fingerprint density at radius 1 is 1.06 bits per heavy atom. The van der Waals surface area contributed by atoms with E-state index in [0.717, 1.165) is 42.5 Å². The van der Waals surface area contributed by atoms with E-state index in [1.807, 2.05) is 29.2 Å². The van der Waals surface area contributed by atoms with Crippen LogP contribution in [0.4, 0.5) is 11.4 Å². The average Bonchev–Trinajstić information content (AvgIpc) is 2.83. The summed E-state index contributed by atoms with van der Waals surface area (Å²) in [7, 11) is 1.70. The standard InChI is InChI=1S/C24H28ClN3O3/c1-30-18-7-6-17-14-19(24(29)26-10-12-31-13-11-26)23-16-27(8-9-28(23)22(17)15-18)21-5-3-2-4-20(21)25/h2-7,15,19,23H,8-14,16H2,1H3/t19-,23+/m1/s1. The van der Waals surface area contributed by atoms with Gasteiger partial charge in [0.1, 0.15) is 5.75 Å². The zero-order valence-corrected chi connectivity index (χ0v) is 18.6. The zero-order valence-electron chi connectivity index (χ0n) is 17.8. The molecule has 3 aliphatic heterocycles. The van der Waals surface area contributed by atoms with Gasteiger partial charge in [0.25, 0.3) is 0 Å². The predicted octanol–water partition coefficient (Wildman–Crippen LogP) is 3.07. The van der Waals surface area contributed by atoms with E-state index < -0.39 is 0 Å². The quantitative estimate of drug-likeness (QED) is 0.732. The molecule has 7 heteroatoms. The summed E-state index contributed by atoms with van der Waals surface area (Å²) >= 11 is 6.51. The number of nitrogens with zero attached hydrogens (tertiary/aromatic N) is 3. The first-order valence-electron chi connectivity index (χ1n) is 11.0. The molecule has 2 aromatic rings. The van der Waals surface area contributed by atoms with E-state index in [1.165, 1.54) is 11.3 Å². The van der Waals surface area contributed by atoms with Crippen LogP contribution >= 0.6 is 11.6 Å². The third kappa shape index (κ3) is 3.83. The number of benzene rings is 2. The van der Waals surface area contributed by atoms with Gasteiger partial charge in [0.2, 0.25) is 5.91 Å². The average molecular weight is 442 g/mol. The highest BCUT2D eigenvalue weighted by Gasteiger charge is 2.43. The molecule has 3 heterocycles. The molecule has 0 spiro atoms. The van der Waals surface area contributed by atoms with Crippen LogP contribution in [0, 0.1) is 5.92 Å². The van der Waals surface area contributed by atoms with E-state index in [4.69, 9.17) is 21.1 Å². The third-order valence-corrected chi connectivity index (χ3v) is 7.08. The van der Waals surface area contributed by atoms with Gasteiger partial charge in [0.05, 0.1) is 43.0 Å². The molecule has 31 heavy (non-hydrogen) atoms. The summed E-state index contributed by atoms with van der Waals surface area (Å²) in [5, 5.41) is 0.755.